The molecule has 0 aliphatic rings. The first-order valence-electron chi connectivity index (χ1n) is 4.84. The Bertz CT molecular complexity index is 338. The van der Waals surface area contributed by atoms with Gasteiger partial charge in [-0.25, -0.2) is 0 Å². The number of halogens is 1. The molecule has 0 aliphatic heterocycles. The minimum Gasteiger partial charge on any atom is -0.271 e. The Kier molecular flexibility index (Phi) is 4.94. The normalized spacial score (nSPS) is 12.5. The molecule has 0 spiro atoms. The molecule has 1 unspecified atom stereocenters. The SMILES string of the molecule is C=C(C)CCC(NN)c1cncc(Br)c1. The van der Waals surface area contributed by atoms with Crippen LogP contribution in [0.3, 0.4) is 0 Å². The van der Waals surface area contributed by atoms with Crippen molar-refractivity contribution in [3.63, 3.8) is 0 Å². The number of nitrogens with one attached hydrogen (secondary N) is 1. The summed E-state index contributed by atoms with van der Waals surface area (Å²) in [6.07, 6.45) is 5.48. The van der Waals surface area contributed by atoms with Crippen LogP contribution in [0.15, 0.2) is 35.1 Å². The molecule has 15 heavy (non-hydrogen) atoms. The average molecular weight is 270 g/mol. The van der Waals surface area contributed by atoms with Gasteiger partial charge in [0.05, 0.1) is 0 Å². The van der Waals surface area contributed by atoms with Crippen LogP contribution in [0.1, 0.15) is 31.4 Å². The maximum Gasteiger partial charge on any atom is 0.0478 e. The third-order valence-electron chi connectivity index (χ3n) is 2.19. The largest absolute Gasteiger partial charge is 0.271 e. The number of aromatic nitrogens is 1. The lowest BCUT2D eigenvalue weighted by atomic mass is 10.0. The summed E-state index contributed by atoms with van der Waals surface area (Å²) in [5, 5.41) is 0. The lowest BCUT2D eigenvalue weighted by molar-refractivity contribution is 0.514. The Morgan fingerprint density at radius 1 is 1.67 bits per heavy atom. The van der Waals surface area contributed by atoms with Crippen LogP contribution in [-0.2, 0) is 0 Å². The van der Waals surface area contributed by atoms with E-state index >= 15 is 0 Å². The van der Waals surface area contributed by atoms with Gasteiger partial charge in [0.1, 0.15) is 0 Å². The summed E-state index contributed by atoms with van der Waals surface area (Å²) in [6.45, 7) is 5.90. The summed E-state index contributed by atoms with van der Waals surface area (Å²) >= 11 is 3.39. The van der Waals surface area contributed by atoms with E-state index in [0.29, 0.717) is 0 Å². The molecule has 0 bridgehead atoms. The number of hydrazine groups is 1. The second-order valence-corrected chi connectivity index (χ2v) is 4.57. The smallest absolute Gasteiger partial charge is 0.0478 e. The van der Waals surface area contributed by atoms with Gasteiger partial charge in [-0.3, -0.25) is 16.3 Å². The van der Waals surface area contributed by atoms with Gasteiger partial charge in [-0.1, -0.05) is 5.57 Å². The molecule has 3 N–H and O–H groups in total. The standard InChI is InChI=1S/C11H16BrN3/c1-8(2)3-4-11(15-13)9-5-10(12)7-14-6-9/h5-7,11,15H,1,3-4,13H2,2H3. The van der Waals surface area contributed by atoms with Crippen molar-refractivity contribution in [1.29, 1.82) is 0 Å². The zero-order chi connectivity index (χ0) is 11.3. The average Bonchev–Trinajstić information content (AvgIpc) is 2.18. The van der Waals surface area contributed by atoms with E-state index in [2.05, 4.69) is 32.9 Å². The fourth-order valence-corrected chi connectivity index (χ4v) is 1.74. The van der Waals surface area contributed by atoms with Gasteiger partial charge >= 0.3 is 0 Å². The number of allylic oxidation sites excluding steroid dienone is 1. The number of nitrogens with zero attached hydrogens (tertiary/aromatic N) is 1. The van der Waals surface area contributed by atoms with Crippen molar-refractivity contribution in [3.8, 4) is 0 Å². The molecule has 0 aliphatic carbocycles. The van der Waals surface area contributed by atoms with Crippen LogP contribution in [0.4, 0.5) is 0 Å². The molecule has 3 nitrogen and oxygen atoms in total. The van der Waals surface area contributed by atoms with Crippen molar-refractivity contribution in [2.24, 2.45) is 5.84 Å². The summed E-state index contributed by atoms with van der Waals surface area (Å²) in [6, 6.07) is 2.15. The summed E-state index contributed by atoms with van der Waals surface area (Å²) in [5.41, 5.74) is 5.05. The van der Waals surface area contributed by atoms with Gasteiger partial charge < -0.3 is 0 Å². The predicted octanol–water partition coefficient (Wildman–Crippen LogP) is 2.70. The minimum absolute atomic E-state index is 0.131. The fraction of sp³-hybridized carbons (Fsp3) is 0.364. The highest BCUT2D eigenvalue weighted by Gasteiger charge is 2.09. The second-order valence-electron chi connectivity index (χ2n) is 3.65. The molecule has 1 rings (SSSR count). The van der Waals surface area contributed by atoms with E-state index in [9.17, 15) is 0 Å². The van der Waals surface area contributed by atoms with Crippen molar-refractivity contribution in [3.05, 3.63) is 40.6 Å². The quantitative estimate of drug-likeness (QED) is 0.491. The van der Waals surface area contributed by atoms with Gasteiger partial charge in [-0.2, -0.15) is 0 Å². The maximum absolute atomic E-state index is 5.52. The molecular formula is C11H16BrN3. The van der Waals surface area contributed by atoms with Gasteiger partial charge in [0.2, 0.25) is 0 Å². The lowest BCUT2D eigenvalue weighted by Gasteiger charge is -2.15. The molecule has 82 valence electrons. The van der Waals surface area contributed by atoms with E-state index in [0.717, 1.165) is 22.9 Å². The Morgan fingerprint density at radius 2 is 2.40 bits per heavy atom. The number of nitrogens with two attached hydrogens (primary N) is 1. The summed E-state index contributed by atoms with van der Waals surface area (Å²) in [4.78, 5) is 4.12. The van der Waals surface area contributed by atoms with E-state index in [4.69, 9.17) is 5.84 Å². The van der Waals surface area contributed by atoms with Crippen LogP contribution in [-0.4, -0.2) is 4.98 Å². The Balaban J connectivity index is 2.69. The monoisotopic (exact) mass is 269 g/mol. The molecular weight excluding hydrogens is 254 g/mol. The summed E-state index contributed by atoms with van der Waals surface area (Å²) in [5.74, 6) is 5.52. The fourth-order valence-electron chi connectivity index (χ4n) is 1.36. The highest BCUT2D eigenvalue weighted by atomic mass is 79.9. The molecule has 0 saturated heterocycles. The summed E-state index contributed by atoms with van der Waals surface area (Å²) in [7, 11) is 0. The van der Waals surface area contributed by atoms with Crippen LogP contribution >= 0.6 is 15.9 Å². The Hall–Kier alpha value is -0.710. The van der Waals surface area contributed by atoms with Crippen molar-refractivity contribution in [1.82, 2.24) is 10.4 Å². The number of hydrogen-bond donors (Lipinski definition) is 2. The molecule has 0 saturated carbocycles. The van der Waals surface area contributed by atoms with Gasteiger partial charge in [-0.05, 0) is 47.3 Å². The van der Waals surface area contributed by atoms with E-state index in [-0.39, 0.29) is 6.04 Å². The molecule has 0 aromatic carbocycles. The molecule has 1 aromatic rings. The third kappa shape index (κ3) is 4.11. The van der Waals surface area contributed by atoms with Crippen molar-refractivity contribution in [2.75, 3.05) is 0 Å². The van der Waals surface area contributed by atoms with Crippen molar-refractivity contribution < 1.29 is 0 Å². The van der Waals surface area contributed by atoms with Crippen molar-refractivity contribution >= 4 is 15.9 Å². The third-order valence-corrected chi connectivity index (χ3v) is 2.62. The number of rotatable bonds is 5. The lowest BCUT2D eigenvalue weighted by Crippen LogP contribution is -2.28. The molecule has 1 atom stereocenters. The number of hydrogen-bond acceptors (Lipinski definition) is 3. The van der Waals surface area contributed by atoms with E-state index in [1.165, 1.54) is 5.57 Å². The predicted molar refractivity (Wildman–Crippen MR) is 66.0 cm³/mol. The minimum atomic E-state index is 0.131. The first-order valence-corrected chi connectivity index (χ1v) is 5.63. The molecule has 0 fully saturated rings. The van der Waals surface area contributed by atoms with Crippen LogP contribution in [0, 0.1) is 0 Å². The number of pyridine rings is 1. The molecule has 0 amide bonds. The maximum atomic E-state index is 5.52. The van der Waals surface area contributed by atoms with Crippen LogP contribution in [0.5, 0.6) is 0 Å². The van der Waals surface area contributed by atoms with E-state index in [1.54, 1.807) is 6.20 Å². The highest BCUT2D eigenvalue weighted by Crippen LogP contribution is 2.21. The van der Waals surface area contributed by atoms with E-state index < -0.39 is 0 Å². The second kappa shape index (κ2) is 6.00. The topological polar surface area (TPSA) is 50.9 Å². The first kappa shape index (κ1) is 12.4. The summed E-state index contributed by atoms with van der Waals surface area (Å²) < 4.78 is 0.968. The Morgan fingerprint density at radius 3 is 2.93 bits per heavy atom. The zero-order valence-corrected chi connectivity index (χ0v) is 10.4. The molecule has 1 heterocycles. The van der Waals surface area contributed by atoms with Crippen LogP contribution in [0.25, 0.3) is 0 Å². The van der Waals surface area contributed by atoms with Gasteiger partial charge in [0.15, 0.2) is 0 Å². The van der Waals surface area contributed by atoms with Crippen LogP contribution < -0.4 is 11.3 Å². The van der Waals surface area contributed by atoms with Gasteiger partial charge in [-0.15, -0.1) is 6.58 Å². The molecule has 1 aromatic heterocycles. The molecule has 0 radical (unpaired) electrons. The van der Waals surface area contributed by atoms with E-state index in [1.807, 2.05) is 19.2 Å². The van der Waals surface area contributed by atoms with Gasteiger partial charge in [0, 0.05) is 22.9 Å². The van der Waals surface area contributed by atoms with Gasteiger partial charge in [0.25, 0.3) is 0 Å². The highest BCUT2D eigenvalue weighted by molar-refractivity contribution is 9.10. The first-order chi connectivity index (χ1) is 7.13. The molecule has 4 heteroatoms. The van der Waals surface area contributed by atoms with Crippen LogP contribution in [0.2, 0.25) is 0 Å². The zero-order valence-electron chi connectivity index (χ0n) is 8.83. The Labute approximate surface area is 98.9 Å². The van der Waals surface area contributed by atoms with Crippen molar-refractivity contribution in [2.45, 2.75) is 25.8 Å².